The van der Waals surface area contributed by atoms with Gasteiger partial charge in [0.2, 0.25) is 0 Å². The van der Waals surface area contributed by atoms with Crippen molar-refractivity contribution >= 4 is 21.9 Å². The van der Waals surface area contributed by atoms with Gasteiger partial charge in [-0.15, -0.1) is 0 Å². The summed E-state index contributed by atoms with van der Waals surface area (Å²) >= 11 is 0. The number of fused-ring (bicyclic) bond motifs is 2. The molecule has 0 amide bonds. The molecule has 4 aromatic rings. The van der Waals surface area contributed by atoms with Crippen molar-refractivity contribution < 1.29 is 5.11 Å². The molecule has 0 atom stereocenters. The molecule has 0 aliphatic carbocycles. The standard InChI is InChI=1S/C16H11N3O2/c20-11-5-6-12-10(7-11)8-15(18-12)19-14-4-2-1-3-13(14)17-9-16(19)21/h1-9,18,20H. The summed E-state index contributed by atoms with van der Waals surface area (Å²) in [7, 11) is 0. The van der Waals surface area contributed by atoms with Crippen LogP contribution in [0.4, 0.5) is 0 Å². The molecule has 0 spiro atoms. The zero-order valence-corrected chi connectivity index (χ0v) is 10.9. The van der Waals surface area contributed by atoms with Crippen LogP contribution in [-0.4, -0.2) is 19.6 Å². The van der Waals surface area contributed by atoms with Crippen molar-refractivity contribution in [3.63, 3.8) is 0 Å². The summed E-state index contributed by atoms with van der Waals surface area (Å²) in [5.74, 6) is 0.846. The number of aromatic nitrogens is 3. The second-order valence-electron chi connectivity index (χ2n) is 4.85. The molecule has 0 bridgehead atoms. The number of rotatable bonds is 1. The molecule has 0 saturated carbocycles. The van der Waals surface area contributed by atoms with Gasteiger partial charge >= 0.3 is 0 Å². The first-order valence-corrected chi connectivity index (χ1v) is 6.51. The number of hydrogen-bond donors (Lipinski definition) is 2. The molecule has 0 saturated heterocycles. The van der Waals surface area contributed by atoms with E-state index in [2.05, 4.69) is 9.97 Å². The lowest BCUT2D eigenvalue weighted by Gasteiger charge is -2.06. The average Bonchev–Trinajstić information content (AvgIpc) is 2.89. The van der Waals surface area contributed by atoms with Crippen LogP contribution in [0.25, 0.3) is 27.8 Å². The van der Waals surface area contributed by atoms with Crippen molar-refractivity contribution in [3.05, 3.63) is 65.1 Å². The van der Waals surface area contributed by atoms with Crippen LogP contribution in [0.5, 0.6) is 5.75 Å². The number of phenolic OH excluding ortho intramolecular Hbond substituents is 1. The van der Waals surface area contributed by atoms with Gasteiger partial charge in [-0.25, -0.2) is 4.98 Å². The largest absolute Gasteiger partial charge is 0.508 e. The second-order valence-corrected chi connectivity index (χ2v) is 4.85. The molecule has 2 aromatic carbocycles. The molecule has 0 aliphatic rings. The highest BCUT2D eigenvalue weighted by molar-refractivity contribution is 5.85. The molecular weight excluding hydrogens is 266 g/mol. The molecule has 2 heterocycles. The molecule has 0 unspecified atom stereocenters. The van der Waals surface area contributed by atoms with Gasteiger partial charge in [0, 0.05) is 10.9 Å². The normalized spacial score (nSPS) is 11.2. The van der Waals surface area contributed by atoms with Crippen molar-refractivity contribution in [2.75, 3.05) is 0 Å². The van der Waals surface area contributed by atoms with Gasteiger partial charge in [-0.1, -0.05) is 12.1 Å². The molecule has 0 aliphatic heterocycles. The number of H-pyrrole nitrogens is 1. The first-order chi connectivity index (χ1) is 10.2. The summed E-state index contributed by atoms with van der Waals surface area (Å²) in [6.07, 6.45) is 1.31. The highest BCUT2D eigenvalue weighted by atomic mass is 16.3. The lowest BCUT2D eigenvalue weighted by atomic mass is 10.2. The van der Waals surface area contributed by atoms with Crippen molar-refractivity contribution in [1.29, 1.82) is 0 Å². The third-order valence-electron chi connectivity index (χ3n) is 3.49. The number of nitrogens with zero attached hydrogens (tertiary/aromatic N) is 2. The quantitative estimate of drug-likeness (QED) is 0.561. The Morgan fingerprint density at radius 3 is 2.86 bits per heavy atom. The Kier molecular flexibility index (Phi) is 2.35. The Hall–Kier alpha value is -3.08. The monoisotopic (exact) mass is 277 g/mol. The number of aromatic hydroxyl groups is 1. The Bertz CT molecular complexity index is 1030. The van der Waals surface area contributed by atoms with Gasteiger partial charge in [0.05, 0.1) is 17.2 Å². The Morgan fingerprint density at radius 1 is 1.10 bits per heavy atom. The van der Waals surface area contributed by atoms with E-state index in [1.807, 2.05) is 30.3 Å². The minimum Gasteiger partial charge on any atom is -0.508 e. The van der Waals surface area contributed by atoms with Crippen LogP contribution >= 0.6 is 0 Å². The number of phenols is 1. The number of nitrogens with one attached hydrogen (secondary N) is 1. The predicted octanol–water partition coefficient (Wildman–Crippen LogP) is 2.57. The first kappa shape index (κ1) is 11.7. The SMILES string of the molecule is O=c1cnc2ccccc2n1-c1cc2cc(O)ccc2[nH]1. The summed E-state index contributed by atoms with van der Waals surface area (Å²) < 4.78 is 1.58. The van der Waals surface area contributed by atoms with Gasteiger partial charge in [-0.05, 0) is 36.4 Å². The molecule has 2 N–H and O–H groups in total. The Morgan fingerprint density at radius 2 is 1.95 bits per heavy atom. The zero-order chi connectivity index (χ0) is 14.4. The third-order valence-corrected chi connectivity index (χ3v) is 3.49. The lowest BCUT2D eigenvalue weighted by Crippen LogP contribution is -2.18. The van der Waals surface area contributed by atoms with Crippen LogP contribution in [-0.2, 0) is 0 Å². The molecule has 102 valence electrons. The summed E-state index contributed by atoms with van der Waals surface area (Å²) in [5, 5.41) is 10.4. The molecular formula is C16H11N3O2. The molecule has 5 nitrogen and oxygen atoms in total. The van der Waals surface area contributed by atoms with Crippen LogP contribution in [0.2, 0.25) is 0 Å². The summed E-state index contributed by atoms with van der Waals surface area (Å²) in [5.41, 5.74) is 2.14. The van der Waals surface area contributed by atoms with Gasteiger partial charge in [-0.3, -0.25) is 9.36 Å². The molecule has 5 heteroatoms. The van der Waals surface area contributed by atoms with E-state index < -0.39 is 0 Å². The van der Waals surface area contributed by atoms with Crippen LogP contribution in [0.15, 0.2) is 59.5 Å². The number of aromatic amines is 1. The minimum absolute atomic E-state index is 0.194. The van der Waals surface area contributed by atoms with Gasteiger partial charge in [0.1, 0.15) is 11.6 Å². The third kappa shape index (κ3) is 1.79. The van der Waals surface area contributed by atoms with E-state index in [9.17, 15) is 9.90 Å². The number of hydrogen-bond acceptors (Lipinski definition) is 3. The second kappa shape index (κ2) is 4.21. The number of benzene rings is 2. The van der Waals surface area contributed by atoms with Crippen LogP contribution in [0, 0.1) is 0 Å². The highest BCUT2D eigenvalue weighted by Gasteiger charge is 2.09. The predicted molar refractivity (Wildman–Crippen MR) is 80.9 cm³/mol. The zero-order valence-electron chi connectivity index (χ0n) is 10.9. The number of para-hydroxylation sites is 2. The van der Waals surface area contributed by atoms with Gasteiger partial charge in [0.15, 0.2) is 0 Å². The fourth-order valence-corrected chi connectivity index (χ4v) is 2.54. The van der Waals surface area contributed by atoms with E-state index in [0.29, 0.717) is 5.82 Å². The molecule has 21 heavy (non-hydrogen) atoms. The van der Waals surface area contributed by atoms with Gasteiger partial charge in [0.25, 0.3) is 5.56 Å². The molecule has 0 fully saturated rings. The maximum atomic E-state index is 12.2. The Balaban J connectivity index is 2.08. The van der Waals surface area contributed by atoms with Crippen LogP contribution < -0.4 is 5.56 Å². The molecule has 2 aromatic heterocycles. The van der Waals surface area contributed by atoms with E-state index in [4.69, 9.17) is 0 Å². The maximum Gasteiger partial charge on any atom is 0.275 e. The first-order valence-electron chi connectivity index (χ1n) is 6.51. The van der Waals surface area contributed by atoms with E-state index in [1.165, 1.54) is 6.20 Å². The van der Waals surface area contributed by atoms with Crippen molar-refractivity contribution in [2.24, 2.45) is 0 Å². The van der Waals surface area contributed by atoms with E-state index >= 15 is 0 Å². The summed E-state index contributed by atoms with van der Waals surface area (Å²) in [6, 6.07) is 14.3. The van der Waals surface area contributed by atoms with Gasteiger partial charge in [-0.2, -0.15) is 0 Å². The maximum absolute atomic E-state index is 12.2. The van der Waals surface area contributed by atoms with E-state index in [0.717, 1.165) is 21.9 Å². The Labute approximate surface area is 119 Å². The minimum atomic E-state index is -0.204. The highest BCUT2D eigenvalue weighted by Crippen LogP contribution is 2.23. The van der Waals surface area contributed by atoms with Crippen LogP contribution in [0.1, 0.15) is 0 Å². The van der Waals surface area contributed by atoms with E-state index in [1.54, 1.807) is 22.8 Å². The smallest absolute Gasteiger partial charge is 0.275 e. The fourth-order valence-electron chi connectivity index (χ4n) is 2.54. The average molecular weight is 277 g/mol. The molecule has 0 radical (unpaired) electrons. The fraction of sp³-hybridized carbons (Fsp3) is 0. The van der Waals surface area contributed by atoms with Crippen LogP contribution in [0.3, 0.4) is 0 Å². The van der Waals surface area contributed by atoms with Crippen molar-refractivity contribution in [2.45, 2.75) is 0 Å². The van der Waals surface area contributed by atoms with Gasteiger partial charge < -0.3 is 10.1 Å². The van der Waals surface area contributed by atoms with Crippen molar-refractivity contribution in [3.8, 4) is 11.6 Å². The van der Waals surface area contributed by atoms with E-state index in [-0.39, 0.29) is 11.3 Å². The van der Waals surface area contributed by atoms with Crippen molar-refractivity contribution in [1.82, 2.24) is 14.5 Å². The lowest BCUT2D eigenvalue weighted by molar-refractivity contribution is 0.476. The molecule has 4 rings (SSSR count). The summed E-state index contributed by atoms with van der Waals surface area (Å²) in [6.45, 7) is 0. The topological polar surface area (TPSA) is 70.9 Å². The summed E-state index contributed by atoms with van der Waals surface area (Å²) in [4.78, 5) is 19.6.